The maximum atomic E-state index is 2.35. The monoisotopic (exact) mass is 1720 g/mol. The van der Waals surface area contributed by atoms with Gasteiger partial charge in [-0.05, 0) is 275 Å². The van der Waals surface area contributed by atoms with Crippen LogP contribution in [0.2, 0.25) is 0 Å². The van der Waals surface area contributed by atoms with Crippen molar-refractivity contribution >= 4 is 140 Å². The molecule has 0 radical (unpaired) electrons. The van der Waals surface area contributed by atoms with Crippen LogP contribution >= 0.6 is 0 Å². The Morgan fingerprint density at radius 1 is 0.0735 bits per heavy atom. The van der Waals surface area contributed by atoms with Crippen LogP contribution in [0.1, 0.15) is 0 Å². The third-order valence-corrected chi connectivity index (χ3v) is 28.1. The molecule has 0 spiro atoms. The van der Waals surface area contributed by atoms with E-state index in [1.807, 2.05) is 0 Å². The molecule has 0 saturated heterocycles. The summed E-state index contributed by atoms with van der Waals surface area (Å²) in [6, 6.07) is 195. The number of hydrogen-bond donors (Lipinski definition) is 0. The molecule has 0 aliphatic carbocycles. The van der Waals surface area contributed by atoms with Crippen LogP contribution in [-0.2, 0) is 0 Å². The summed E-state index contributed by atoms with van der Waals surface area (Å²) in [7, 11) is 0. The summed E-state index contributed by atoms with van der Waals surface area (Å²) in [5.74, 6) is 0. The van der Waals surface area contributed by atoms with Crippen LogP contribution in [0.15, 0.2) is 534 Å². The van der Waals surface area contributed by atoms with Gasteiger partial charge < -0.3 is 0 Å². The Morgan fingerprint density at radius 3 is 0.544 bits per heavy atom. The molecule has 0 N–H and O–H groups in total. The Morgan fingerprint density at radius 2 is 0.243 bits per heavy atom. The predicted octanol–water partition coefficient (Wildman–Crippen LogP) is 38.4. The quantitative estimate of drug-likeness (QED) is 0.0894. The first-order valence-corrected chi connectivity index (χ1v) is 47.2. The molecule has 27 aromatic rings. The first kappa shape index (κ1) is 80.4. The lowest BCUT2D eigenvalue weighted by molar-refractivity contribution is 1.61. The fourth-order valence-electron chi connectivity index (χ4n) is 22.1. The smallest absolute Gasteiger partial charge is 0.00139 e. The molecule has 0 saturated carbocycles. The Bertz CT molecular complexity index is 8750. The van der Waals surface area contributed by atoms with E-state index < -0.39 is 0 Å². The minimum atomic E-state index is 1.22. The van der Waals surface area contributed by atoms with Gasteiger partial charge in [-0.3, -0.25) is 0 Å². The Labute approximate surface area is 790 Å². The SMILES string of the molecule is c1ccc(-c2c3ccccc3c(-c3c4ccccc4c(-c4ccccc4)c4ccccc34)c3ccccc23)cc1.c1ccc(-c2ccc(-c3c4ccccc4c(-c4c5ccccc5c(-c5ccc(-c6ccccc6)cc5)c5ccccc45)c4ccccc34)cc2)cc1.c1ccc2cc(-c3ccc(-c4c5ccccc5c(-c5ccc6ccccc6c5)c5ccc6ccccc6c45)cc3)ccc2c1. The van der Waals surface area contributed by atoms with Crippen LogP contribution in [0, 0.1) is 0 Å². The molecule has 0 fully saturated rings. The van der Waals surface area contributed by atoms with E-state index in [-0.39, 0.29) is 0 Å². The molecule has 0 aliphatic rings. The van der Waals surface area contributed by atoms with Gasteiger partial charge >= 0.3 is 0 Å². The molecule has 27 rings (SSSR count). The second-order valence-corrected chi connectivity index (χ2v) is 35.7. The van der Waals surface area contributed by atoms with E-state index in [2.05, 4.69) is 534 Å². The molecular weight excluding hydrogens is 1630 g/mol. The van der Waals surface area contributed by atoms with Gasteiger partial charge in [0.1, 0.15) is 0 Å². The highest BCUT2D eigenvalue weighted by Gasteiger charge is 2.27. The van der Waals surface area contributed by atoms with Gasteiger partial charge in [0, 0.05) is 0 Å². The van der Waals surface area contributed by atoms with Crippen LogP contribution in [-0.4, -0.2) is 0 Å². The van der Waals surface area contributed by atoms with Gasteiger partial charge in [0.05, 0.1) is 0 Å². The summed E-state index contributed by atoms with van der Waals surface area (Å²) in [5, 5.41) is 33.1. The van der Waals surface area contributed by atoms with Crippen molar-refractivity contribution in [1.82, 2.24) is 0 Å². The largest absolute Gasteiger partial charge is 0.0622 e. The summed E-state index contributed by atoms with van der Waals surface area (Å²) in [4.78, 5) is 0. The van der Waals surface area contributed by atoms with E-state index in [1.54, 1.807) is 0 Å². The van der Waals surface area contributed by atoms with Crippen molar-refractivity contribution in [2.24, 2.45) is 0 Å². The first-order valence-electron chi connectivity index (χ1n) is 47.2. The highest BCUT2D eigenvalue weighted by molar-refractivity contribution is 6.33. The van der Waals surface area contributed by atoms with Crippen molar-refractivity contribution in [3.63, 3.8) is 0 Å². The topological polar surface area (TPSA) is 0 Å². The molecular formula is C136H88. The van der Waals surface area contributed by atoms with Gasteiger partial charge in [-0.25, -0.2) is 0 Å². The standard InChI is InChI=1S/C52H34.C44H28.C40H26/c1-3-15-35(16-4-1)37-27-31-39(32-28-37)49-41-19-7-11-23-45(41)51(46-24-12-8-20-42(46)49)52-47-25-13-9-21-43(47)50(44-22-10-14-26-48(44)52)40-33-29-38(30-34-40)36-17-5-2-6-18-36;1-3-12-34-27-36(23-19-29(34)9-1)31-17-21-33(22-18-31)43-40-16-8-7-15-39(40)42(37-24-20-30-10-2-4-13-35(30)28-37)41-26-25-32-11-5-6-14-38(32)44(41)43;1-3-15-27(16-4-1)37-29-19-7-11-23-33(29)39(34-24-12-8-20-30(34)37)40-35-25-13-9-21-31(35)38(28-17-5-2-6-18-28)32-22-10-14-26-36(32)40/h1-34H;1-28H;1-26H. The van der Waals surface area contributed by atoms with Crippen LogP contribution in [0.3, 0.4) is 0 Å². The van der Waals surface area contributed by atoms with E-state index in [0.717, 1.165) is 0 Å². The average molecular weight is 1720 g/mol. The van der Waals surface area contributed by atoms with Crippen LogP contribution in [0.5, 0.6) is 0 Å². The Kier molecular flexibility index (Phi) is 20.4. The van der Waals surface area contributed by atoms with Crippen LogP contribution < -0.4 is 0 Å². The lowest BCUT2D eigenvalue weighted by atomic mass is 9.81. The minimum Gasteiger partial charge on any atom is -0.0622 e. The second kappa shape index (κ2) is 34.6. The highest BCUT2D eigenvalue weighted by Crippen LogP contribution is 2.55. The van der Waals surface area contributed by atoms with E-state index in [0.29, 0.717) is 0 Å². The van der Waals surface area contributed by atoms with Crippen molar-refractivity contribution in [1.29, 1.82) is 0 Å². The van der Waals surface area contributed by atoms with Crippen molar-refractivity contribution < 1.29 is 0 Å². The zero-order chi connectivity index (χ0) is 89.9. The zero-order valence-electron chi connectivity index (χ0n) is 74.8. The minimum absolute atomic E-state index is 1.22. The molecule has 0 nitrogen and oxygen atoms in total. The van der Waals surface area contributed by atoms with Gasteiger partial charge in [-0.15, -0.1) is 0 Å². The van der Waals surface area contributed by atoms with Crippen molar-refractivity contribution in [2.75, 3.05) is 0 Å². The van der Waals surface area contributed by atoms with Crippen LogP contribution in [0.25, 0.3) is 262 Å². The summed E-state index contributed by atoms with van der Waals surface area (Å²) < 4.78 is 0. The van der Waals surface area contributed by atoms with E-state index in [9.17, 15) is 0 Å². The van der Waals surface area contributed by atoms with Crippen molar-refractivity contribution in [2.45, 2.75) is 0 Å². The number of hydrogen-bond acceptors (Lipinski definition) is 0. The number of benzene rings is 27. The van der Waals surface area contributed by atoms with E-state index >= 15 is 0 Å². The summed E-state index contributed by atoms with van der Waals surface area (Å²) >= 11 is 0. The Hall–Kier alpha value is -17.7. The average Bonchev–Trinajstić information content (AvgIpc) is 0.713. The maximum absolute atomic E-state index is 2.35. The highest BCUT2D eigenvalue weighted by atomic mass is 14.3. The predicted molar refractivity (Wildman–Crippen MR) is 587 cm³/mol. The lowest BCUT2D eigenvalue weighted by Gasteiger charge is -2.22. The molecule has 0 bridgehead atoms. The van der Waals surface area contributed by atoms with Gasteiger partial charge in [0.15, 0.2) is 0 Å². The third kappa shape index (κ3) is 14.1. The second-order valence-electron chi connectivity index (χ2n) is 35.7. The van der Waals surface area contributed by atoms with Gasteiger partial charge in [0.25, 0.3) is 0 Å². The summed E-state index contributed by atoms with van der Waals surface area (Å²) in [6.07, 6.45) is 0. The van der Waals surface area contributed by atoms with E-state index in [1.165, 1.54) is 262 Å². The number of rotatable bonds is 11. The molecule has 0 heteroatoms. The van der Waals surface area contributed by atoms with Crippen molar-refractivity contribution in [3.8, 4) is 122 Å². The van der Waals surface area contributed by atoms with Gasteiger partial charge in [-0.2, -0.15) is 0 Å². The molecule has 0 heterocycles. The molecule has 632 valence electrons. The normalized spacial score (nSPS) is 11.5. The zero-order valence-corrected chi connectivity index (χ0v) is 74.8. The summed E-state index contributed by atoms with van der Waals surface area (Å²) in [5.41, 5.74) is 27.7. The molecule has 27 aromatic carbocycles. The molecule has 136 heavy (non-hydrogen) atoms. The molecule has 0 atom stereocenters. The fourth-order valence-corrected chi connectivity index (χ4v) is 22.1. The number of fused-ring (bicyclic) bond motifs is 14. The summed E-state index contributed by atoms with van der Waals surface area (Å²) in [6.45, 7) is 0. The molecule has 0 aliphatic heterocycles. The third-order valence-electron chi connectivity index (χ3n) is 28.1. The van der Waals surface area contributed by atoms with Crippen molar-refractivity contribution in [3.05, 3.63) is 534 Å². The molecule has 0 amide bonds. The molecule has 0 unspecified atom stereocenters. The van der Waals surface area contributed by atoms with Crippen LogP contribution in [0.4, 0.5) is 0 Å². The fraction of sp³-hybridized carbons (Fsp3) is 0. The first-order chi connectivity index (χ1) is 67.5. The van der Waals surface area contributed by atoms with Gasteiger partial charge in [0.2, 0.25) is 0 Å². The maximum Gasteiger partial charge on any atom is -0.00139 e. The van der Waals surface area contributed by atoms with Gasteiger partial charge in [-0.1, -0.05) is 522 Å². The van der Waals surface area contributed by atoms with E-state index in [4.69, 9.17) is 0 Å². The Balaban J connectivity index is 0.000000110. The molecule has 0 aromatic heterocycles. The lowest BCUT2D eigenvalue weighted by Crippen LogP contribution is -1.94.